The zero-order chi connectivity index (χ0) is 34.3. The van der Waals surface area contributed by atoms with E-state index in [1.54, 1.807) is 0 Å². The Balaban J connectivity index is 1.23. The normalized spacial score (nSPS) is 12.1. The van der Waals surface area contributed by atoms with Crippen LogP contribution in [-0.4, -0.2) is 19.3 Å². The molecule has 5 heteroatoms. The van der Waals surface area contributed by atoms with Crippen molar-refractivity contribution in [3.05, 3.63) is 132 Å². The Bertz CT molecular complexity index is 2240. The molecule has 0 saturated heterocycles. The van der Waals surface area contributed by atoms with Gasteiger partial charge in [-0.15, -0.1) is 0 Å². The minimum absolute atomic E-state index is 0.274. The molecule has 0 radical (unpaired) electrons. The summed E-state index contributed by atoms with van der Waals surface area (Å²) in [5, 5.41) is 7.17. The van der Waals surface area contributed by atoms with Crippen molar-refractivity contribution in [2.45, 2.75) is 73.1 Å². The van der Waals surface area contributed by atoms with Gasteiger partial charge in [-0.3, -0.25) is 4.57 Å². The van der Waals surface area contributed by atoms with Gasteiger partial charge in [0.05, 0.1) is 22.9 Å². The molecule has 3 heterocycles. The highest BCUT2D eigenvalue weighted by molar-refractivity contribution is 6.09. The lowest BCUT2D eigenvalue weighted by molar-refractivity contribution is 0.378. The number of pyridine rings is 1. The molecule has 0 spiro atoms. The monoisotopic (exact) mass is 646 g/mol. The zero-order valence-electron chi connectivity index (χ0n) is 29.7. The van der Waals surface area contributed by atoms with Crippen LogP contribution in [0.25, 0.3) is 44.4 Å². The van der Waals surface area contributed by atoms with Crippen molar-refractivity contribution in [2.24, 2.45) is 5.41 Å². The average molecular weight is 647 g/mol. The second-order valence-electron chi connectivity index (χ2n) is 15.0. The molecule has 0 aliphatic heterocycles. The summed E-state index contributed by atoms with van der Waals surface area (Å²) in [6, 6.07) is 34.1. The molecule has 0 aliphatic carbocycles. The first-order valence-electron chi connectivity index (χ1n) is 17.5. The molecule has 0 fully saturated rings. The third kappa shape index (κ3) is 6.63. The minimum atomic E-state index is 0.274. The fraction of sp³-hybridized carbons (Fsp3) is 0.273. The Morgan fingerprint density at radius 2 is 1.43 bits per heavy atom. The Kier molecular flexibility index (Phi) is 8.62. The number of benzene rings is 4. The molecule has 0 unspecified atom stereocenters. The maximum Gasteiger partial charge on any atom is 0.137 e. The average Bonchev–Trinajstić information content (AvgIpc) is 3.70. The topological polar surface area (TPSA) is 44.9 Å². The summed E-state index contributed by atoms with van der Waals surface area (Å²) in [5.74, 6) is 3.28. The van der Waals surface area contributed by atoms with E-state index in [-0.39, 0.29) is 5.41 Å². The molecule has 0 N–H and O–H groups in total. The van der Waals surface area contributed by atoms with Gasteiger partial charge >= 0.3 is 0 Å². The van der Waals surface area contributed by atoms with E-state index in [1.807, 2.05) is 29.2 Å². The first-order valence-corrected chi connectivity index (χ1v) is 17.5. The van der Waals surface area contributed by atoms with E-state index in [0.29, 0.717) is 11.8 Å². The standard InChI is InChI=1S/C44H46N4O/c1-29(2)36-15-11-16-37(30(3)4)43(36)32-27-46-47(28-32)33-12-10-13-34(25-33)49-35-18-19-39-38-14-8-9-17-40(38)48(41(39)26-35)42-24-31(21-23-45-42)20-22-44(5,6)7/h8-19,21,23-30H,20,22H2,1-7H3. The lowest BCUT2D eigenvalue weighted by atomic mass is 9.86. The molecule has 3 aromatic heterocycles. The molecule has 49 heavy (non-hydrogen) atoms. The second-order valence-corrected chi connectivity index (χ2v) is 15.0. The molecule has 7 rings (SSSR count). The van der Waals surface area contributed by atoms with Gasteiger partial charge in [-0.1, -0.05) is 90.9 Å². The van der Waals surface area contributed by atoms with Gasteiger partial charge in [0, 0.05) is 40.9 Å². The fourth-order valence-electron chi connectivity index (χ4n) is 6.82. The molecule has 0 bridgehead atoms. The van der Waals surface area contributed by atoms with E-state index >= 15 is 0 Å². The van der Waals surface area contributed by atoms with Gasteiger partial charge in [-0.05, 0) is 94.8 Å². The molecule has 7 aromatic rings. The highest BCUT2D eigenvalue weighted by atomic mass is 16.5. The summed E-state index contributed by atoms with van der Waals surface area (Å²) in [6.45, 7) is 15.9. The summed E-state index contributed by atoms with van der Waals surface area (Å²) in [5.41, 5.74) is 9.84. The van der Waals surface area contributed by atoms with Crippen LogP contribution in [0.3, 0.4) is 0 Å². The summed E-state index contributed by atoms with van der Waals surface area (Å²) in [7, 11) is 0. The van der Waals surface area contributed by atoms with E-state index in [4.69, 9.17) is 14.8 Å². The number of ether oxygens (including phenoxy) is 1. The number of hydrogen-bond acceptors (Lipinski definition) is 3. The summed E-state index contributed by atoms with van der Waals surface area (Å²) in [4.78, 5) is 4.85. The third-order valence-electron chi connectivity index (χ3n) is 9.41. The number of hydrogen-bond donors (Lipinski definition) is 0. The predicted molar refractivity (Wildman–Crippen MR) is 204 cm³/mol. The molecule has 5 nitrogen and oxygen atoms in total. The van der Waals surface area contributed by atoms with Crippen LogP contribution in [0.5, 0.6) is 11.5 Å². The highest BCUT2D eigenvalue weighted by Gasteiger charge is 2.18. The quantitative estimate of drug-likeness (QED) is 0.157. The van der Waals surface area contributed by atoms with E-state index in [0.717, 1.165) is 52.4 Å². The van der Waals surface area contributed by atoms with Crippen LogP contribution in [0.2, 0.25) is 0 Å². The fourth-order valence-corrected chi connectivity index (χ4v) is 6.82. The Morgan fingerprint density at radius 1 is 0.714 bits per heavy atom. The third-order valence-corrected chi connectivity index (χ3v) is 9.41. The summed E-state index contributed by atoms with van der Waals surface area (Å²) in [6.07, 6.45) is 8.19. The van der Waals surface area contributed by atoms with Gasteiger partial charge in [0.15, 0.2) is 0 Å². The lowest BCUT2D eigenvalue weighted by Crippen LogP contribution is -2.07. The lowest BCUT2D eigenvalue weighted by Gasteiger charge is -2.18. The molecule has 0 amide bonds. The summed E-state index contributed by atoms with van der Waals surface area (Å²) < 4.78 is 10.8. The zero-order valence-corrected chi connectivity index (χ0v) is 29.7. The maximum atomic E-state index is 6.55. The van der Waals surface area contributed by atoms with Crippen molar-refractivity contribution in [2.75, 3.05) is 0 Å². The first-order chi connectivity index (χ1) is 23.6. The van der Waals surface area contributed by atoms with Crippen LogP contribution in [0.4, 0.5) is 0 Å². The highest BCUT2D eigenvalue weighted by Crippen LogP contribution is 2.38. The predicted octanol–water partition coefficient (Wildman–Crippen LogP) is 12.0. The van der Waals surface area contributed by atoms with Crippen molar-refractivity contribution >= 4 is 21.8 Å². The van der Waals surface area contributed by atoms with Gasteiger partial charge in [-0.25, -0.2) is 9.67 Å². The van der Waals surface area contributed by atoms with Gasteiger partial charge < -0.3 is 4.74 Å². The number of fused-ring (bicyclic) bond motifs is 3. The Labute approximate surface area is 290 Å². The van der Waals surface area contributed by atoms with Crippen LogP contribution < -0.4 is 4.74 Å². The van der Waals surface area contributed by atoms with Crippen molar-refractivity contribution in [3.8, 4) is 34.1 Å². The van der Waals surface area contributed by atoms with Gasteiger partial charge in [0.1, 0.15) is 17.3 Å². The van der Waals surface area contributed by atoms with E-state index < -0.39 is 0 Å². The maximum absolute atomic E-state index is 6.55. The number of nitrogens with zero attached hydrogens (tertiary/aromatic N) is 4. The molecule has 248 valence electrons. The van der Waals surface area contributed by atoms with Crippen molar-refractivity contribution in [1.29, 1.82) is 0 Å². The summed E-state index contributed by atoms with van der Waals surface area (Å²) >= 11 is 0. The van der Waals surface area contributed by atoms with E-state index in [1.165, 1.54) is 33.0 Å². The number of rotatable bonds is 9. The van der Waals surface area contributed by atoms with E-state index in [2.05, 4.69) is 144 Å². The van der Waals surface area contributed by atoms with E-state index in [9.17, 15) is 0 Å². The SMILES string of the molecule is CC(C)c1cccc(C(C)C)c1-c1cnn(-c2cccc(Oc3ccc4c5ccccc5n(-c5cc(CCC(C)(C)C)ccn5)c4c3)c2)c1. The van der Waals surface area contributed by atoms with Gasteiger partial charge in [0.25, 0.3) is 0 Å². The van der Waals surface area contributed by atoms with Crippen LogP contribution in [-0.2, 0) is 6.42 Å². The molecule has 0 saturated carbocycles. The molecule has 0 atom stereocenters. The Morgan fingerprint density at radius 3 is 2.18 bits per heavy atom. The Hall–Kier alpha value is -5.16. The molecular weight excluding hydrogens is 601 g/mol. The minimum Gasteiger partial charge on any atom is -0.457 e. The number of para-hydroxylation sites is 1. The van der Waals surface area contributed by atoms with Gasteiger partial charge in [0.2, 0.25) is 0 Å². The second kappa shape index (κ2) is 13.0. The number of aryl methyl sites for hydroxylation is 1. The molecular formula is C44H46N4O. The van der Waals surface area contributed by atoms with Gasteiger partial charge in [-0.2, -0.15) is 5.10 Å². The molecule has 4 aromatic carbocycles. The first kappa shape index (κ1) is 32.4. The smallest absolute Gasteiger partial charge is 0.137 e. The van der Waals surface area contributed by atoms with Crippen LogP contribution in [0, 0.1) is 5.41 Å². The van der Waals surface area contributed by atoms with Crippen molar-refractivity contribution in [1.82, 2.24) is 19.3 Å². The molecule has 0 aliphatic rings. The van der Waals surface area contributed by atoms with Crippen LogP contribution in [0.1, 0.15) is 83.4 Å². The van der Waals surface area contributed by atoms with Crippen LogP contribution >= 0.6 is 0 Å². The van der Waals surface area contributed by atoms with Crippen molar-refractivity contribution < 1.29 is 4.74 Å². The largest absolute Gasteiger partial charge is 0.457 e. The van der Waals surface area contributed by atoms with Crippen molar-refractivity contribution in [3.63, 3.8) is 0 Å². The number of aromatic nitrogens is 4. The van der Waals surface area contributed by atoms with Crippen LogP contribution in [0.15, 0.2) is 116 Å².